The van der Waals surface area contributed by atoms with Gasteiger partial charge in [-0.3, -0.25) is 9.69 Å². The number of hydrogen-bond acceptors (Lipinski definition) is 4. The first-order valence-corrected chi connectivity index (χ1v) is 11.1. The van der Waals surface area contributed by atoms with Gasteiger partial charge in [-0.15, -0.1) is 0 Å². The summed E-state index contributed by atoms with van der Waals surface area (Å²) in [6, 6.07) is 8.00. The highest BCUT2D eigenvalue weighted by Gasteiger charge is 2.33. The van der Waals surface area contributed by atoms with Gasteiger partial charge in [0, 0.05) is 26.2 Å². The molecule has 0 bridgehead atoms. The zero-order valence-electron chi connectivity index (χ0n) is 17.2. The average molecular weight is 438 g/mol. The molecular weight excluding hydrogens is 412 g/mol. The van der Waals surface area contributed by atoms with E-state index >= 15 is 0 Å². The summed E-state index contributed by atoms with van der Waals surface area (Å²) in [6.45, 7) is 6.34. The van der Waals surface area contributed by atoms with Crippen LogP contribution in [0.4, 0.5) is 14.5 Å². The monoisotopic (exact) mass is 437 g/mol. The molecule has 1 amide bonds. The Hall–Kier alpha value is -2.36. The van der Waals surface area contributed by atoms with Gasteiger partial charge in [-0.05, 0) is 50.1 Å². The fraction of sp³-hybridized carbons (Fsp3) is 0.381. The quantitative estimate of drug-likeness (QED) is 0.781. The Morgan fingerprint density at radius 3 is 2.23 bits per heavy atom. The normalized spacial score (nSPS) is 17.0. The molecule has 0 aliphatic carbocycles. The molecular formula is C21H25F2N3O3S. The lowest BCUT2D eigenvalue weighted by atomic mass is 10.2. The van der Waals surface area contributed by atoms with Crippen molar-refractivity contribution in [3.8, 4) is 0 Å². The lowest BCUT2D eigenvalue weighted by Crippen LogP contribution is -2.54. The number of amides is 1. The molecule has 30 heavy (non-hydrogen) atoms. The van der Waals surface area contributed by atoms with Crippen molar-refractivity contribution in [1.82, 2.24) is 9.21 Å². The number of nitrogens with one attached hydrogen (secondary N) is 1. The number of hydrogen-bond donors (Lipinski definition) is 1. The Kier molecular flexibility index (Phi) is 6.54. The van der Waals surface area contributed by atoms with Crippen LogP contribution in [0.3, 0.4) is 0 Å². The van der Waals surface area contributed by atoms with Crippen molar-refractivity contribution < 1.29 is 22.0 Å². The van der Waals surface area contributed by atoms with Crippen LogP contribution < -0.4 is 5.32 Å². The Balaban J connectivity index is 1.66. The van der Waals surface area contributed by atoms with Gasteiger partial charge in [0.15, 0.2) is 0 Å². The summed E-state index contributed by atoms with van der Waals surface area (Å²) < 4.78 is 55.0. The van der Waals surface area contributed by atoms with Gasteiger partial charge in [0.2, 0.25) is 15.9 Å². The molecule has 1 saturated heterocycles. The van der Waals surface area contributed by atoms with Gasteiger partial charge in [0.05, 0.1) is 10.9 Å². The summed E-state index contributed by atoms with van der Waals surface area (Å²) in [6.07, 6.45) is 0. The van der Waals surface area contributed by atoms with E-state index in [-0.39, 0.29) is 18.0 Å². The topological polar surface area (TPSA) is 69.7 Å². The average Bonchev–Trinajstić information content (AvgIpc) is 2.72. The van der Waals surface area contributed by atoms with E-state index < -0.39 is 39.3 Å². The van der Waals surface area contributed by atoms with Crippen molar-refractivity contribution >= 4 is 21.6 Å². The molecule has 0 aromatic heterocycles. The van der Waals surface area contributed by atoms with Gasteiger partial charge in [0.25, 0.3) is 0 Å². The van der Waals surface area contributed by atoms with E-state index in [2.05, 4.69) is 5.32 Å². The Bertz CT molecular complexity index is 1030. The summed E-state index contributed by atoms with van der Waals surface area (Å²) in [7, 11) is -3.64. The van der Waals surface area contributed by atoms with Gasteiger partial charge >= 0.3 is 0 Å². The lowest BCUT2D eigenvalue weighted by molar-refractivity contribution is -0.121. The van der Waals surface area contributed by atoms with Crippen molar-refractivity contribution in [2.75, 3.05) is 31.5 Å². The molecule has 6 nitrogen and oxygen atoms in total. The number of halogens is 2. The van der Waals surface area contributed by atoms with Crippen LogP contribution in [-0.4, -0.2) is 55.8 Å². The van der Waals surface area contributed by atoms with Crippen molar-refractivity contribution in [3.63, 3.8) is 0 Å². The molecule has 1 aliphatic rings. The van der Waals surface area contributed by atoms with Crippen molar-refractivity contribution in [3.05, 3.63) is 59.2 Å². The summed E-state index contributed by atoms with van der Waals surface area (Å²) in [4.78, 5) is 14.6. The van der Waals surface area contributed by atoms with E-state index in [9.17, 15) is 22.0 Å². The molecule has 162 valence electrons. The van der Waals surface area contributed by atoms with E-state index in [4.69, 9.17) is 0 Å². The SMILES string of the molecule is Cc1ccc(C)c(S(=O)(=O)N2CCN(C(C)C(=O)Nc3c(F)cccc3F)CC2)c1. The first-order chi connectivity index (χ1) is 14.1. The van der Waals surface area contributed by atoms with Crippen LogP contribution in [0.25, 0.3) is 0 Å². The highest BCUT2D eigenvalue weighted by atomic mass is 32.2. The molecule has 1 heterocycles. The molecule has 1 atom stereocenters. The third-order valence-electron chi connectivity index (χ3n) is 5.37. The molecule has 2 aromatic rings. The second-order valence-electron chi connectivity index (χ2n) is 7.47. The minimum Gasteiger partial charge on any atom is -0.320 e. The first kappa shape index (κ1) is 22.3. The molecule has 1 aliphatic heterocycles. The summed E-state index contributed by atoms with van der Waals surface area (Å²) in [5, 5.41) is 2.29. The molecule has 0 saturated carbocycles. The highest BCUT2D eigenvalue weighted by Crippen LogP contribution is 2.23. The predicted molar refractivity (Wildman–Crippen MR) is 111 cm³/mol. The van der Waals surface area contributed by atoms with Gasteiger partial charge in [-0.2, -0.15) is 4.31 Å². The second kappa shape index (κ2) is 8.79. The Morgan fingerprint density at radius 2 is 1.63 bits per heavy atom. The molecule has 2 aromatic carbocycles. The van der Waals surface area contributed by atoms with Crippen LogP contribution in [0.5, 0.6) is 0 Å². The minimum absolute atomic E-state index is 0.224. The third kappa shape index (κ3) is 4.53. The van der Waals surface area contributed by atoms with E-state index in [1.807, 2.05) is 13.0 Å². The Labute approximate surface area is 175 Å². The number of piperazine rings is 1. The maximum absolute atomic E-state index is 13.8. The van der Waals surface area contributed by atoms with Gasteiger partial charge in [0.1, 0.15) is 17.3 Å². The largest absolute Gasteiger partial charge is 0.320 e. The smallest absolute Gasteiger partial charge is 0.243 e. The van der Waals surface area contributed by atoms with Gasteiger partial charge < -0.3 is 5.32 Å². The molecule has 0 radical (unpaired) electrons. The number of aryl methyl sites for hydroxylation is 2. The lowest BCUT2D eigenvalue weighted by Gasteiger charge is -2.37. The zero-order chi connectivity index (χ0) is 22.1. The van der Waals surface area contributed by atoms with Crippen LogP contribution in [0.1, 0.15) is 18.1 Å². The molecule has 3 rings (SSSR count). The Morgan fingerprint density at radius 1 is 1.03 bits per heavy atom. The van der Waals surface area contributed by atoms with Crippen LogP contribution in [-0.2, 0) is 14.8 Å². The molecule has 1 N–H and O–H groups in total. The first-order valence-electron chi connectivity index (χ1n) is 9.67. The fourth-order valence-corrected chi connectivity index (χ4v) is 5.20. The number of nitrogens with zero attached hydrogens (tertiary/aromatic N) is 2. The van der Waals surface area contributed by atoms with E-state index in [1.54, 1.807) is 30.9 Å². The number of benzene rings is 2. The predicted octanol–water partition coefficient (Wildman–Crippen LogP) is 2.92. The van der Waals surface area contributed by atoms with Crippen molar-refractivity contribution in [2.45, 2.75) is 31.7 Å². The molecule has 9 heteroatoms. The van der Waals surface area contributed by atoms with Crippen molar-refractivity contribution in [1.29, 1.82) is 0 Å². The number of anilines is 1. The number of carbonyl (C=O) groups excluding carboxylic acids is 1. The molecule has 1 fully saturated rings. The van der Waals surface area contributed by atoms with Crippen LogP contribution in [0.2, 0.25) is 0 Å². The van der Waals surface area contributed by atoms with Crippen LogP contribution in [0.15, 0.2) is 41.3 Å². The summed E-state index contributed by atoms with van der Waals surface area (Å²) in [5.74, 6) is -2.25. The number of carbonyl (C=O) groups is 1. The van der Waals surface area contributed by atoms with Crippen LogP contribution >= 0.6 is 0 Å². The van der Waals surface area contributed by atoms with Crippen molar-refractivity contribution in [2.24, 2.45) is 0 Å². The maximum atomic E-state index is 13.8. The number of rotatable bonds is 5. The van der Waals surface area contributed by atoms with Gasteiger partial charge in [-0.25, -0.2) is 17.2 Å². The van der Waals surface area contributed by atoms with E-state index in [1.165, 1.54) is 10.4 Å². The summed E-state index contributed by atoms with van der Waals surface area (Å²) >= 11 is 0. The van der Waals surface area contributed by atoms with E-state index in [0.29, 0.717) is 18.7 Å². The number of sulfonamides is 1. The molecule has 1 unspecified atom stereocenters. The maximum Gasteiger partial charge on any atom is 0.243 e. The van der Waals surface area contributed by atoms with Gasteiger partial charge in [-0.1, -0.05) is 18.2 Å². The highest BCUT2D eigenvalue weighted by molar-refractivity contribution is 7.89. The second-order valence-corrected chi connectivity index (χ2v) is 9.38. The minimum atomic E-state index is -3.64. The number of para-hydroxylation sites is 1. The standard InChI is InChI=1S/C21H25F2N3O3S/c1-14-7-8-15(2)19(13-14)30(28,29)26-11-9-25(10-12-26)16(3)21(27)24-20-17(22)5-4-6-18(20)23/h4-8,13,16H,9-12H2,1-3H3,(H,24,27). The van der Waals surface area contributed by atoms with E-state index in [0.717, 1.165) is 17.7 Å². The van der Waals surface area contributed by atoms with Crippen LogP contribution in [0, 0.1) is 25.5 Å². The zero-order valence-corrected chi connectivity index (χ0v) is 18.0. The summed E-state index contributed by atoms with van der Waals surface area (Å²) in [5.41, 5.74) is 1.07. The third-order valence-corrected chi connectivity index (χ3v) is 7.41. The fourth-order valence-electron chi connectivity index (χ4n) is 3.47. The molecule has 0 spiro atoms.